The molecule has 0 N–H and O–H groups in total. The molecule has 2 rings (SSSR count). The fourth-order valence-corrected chi connectivity index (χ4v) is 2.47. The fourth-order valence-electron chi connectivity index (χ4n) is 2.47. The lowest BCUT2D eigenvalue weighted by atomic mass is 10.2. The van der Waals surface area contributed by atoms with Gasteiger partial charge in [-0.05, 0) is 19.1 Å². The Hall–Kier alpha value is -3.27. The van der Waals surface area contributed by atoms with Gasteiger partial charge in [-0.3, -0.25) is 0 Å². The Morgan fingerprint density at radius 3 is 2.00 bits per heavy atom. The van der Waals surface area contributed by atoms with Crippen molar-refractivity contribution in [3.05, 3.63) is 47.8 Å². The van der Waals surface area contributed by atoms with E-state index in [1.165, 1.54) is 6.92 Å². The molecule has 0 saturated carbocycles. The summed E-state index contributed by atoms with van der Waals surface area (Å²) in [6.45, 7) is 4.74. The minimum absolute atomic E-state index is 0.0998. The summed E-state index contributed by atoms with van der Waals surface area (Å²) in [5.74, 6) is -0.886. The van der Waals surface area contributed by atoms with Crippen molar-refractivity contribution in [2.45, 2.75) is 6.92 Å². The first-order chi connectivity index (χ1) is 11.9. The second-order valence-corrected chi connectivity index (χ2v) is 5.47. The molecule has 0 atom stereocenters. The van der Waals surface area contributed by atoms with Crippen LogP contribution < -0.4 is 9.80 Å². The number of nitriles is 1. The van der Waals surface area contributed by atoms with Crippen LogP contribution in [-0.4, -0.2) is 39.2 Å². The largest absolute Gasteiger partial charge is 0.459 e. The zero-order valence-electron chi connectivity index (χ0n) is 14.4. The summed E-state index contributed by atoms with van der Waals surface area (Å²) >= 11 is 0. The molecule has 0 aromatic heterocycles. The van der Waals surface area contributed by atoms with Gasteiger partial charge in [0.15, 0.2) is 5.57 Å². The van der Waals surface area contributed by atoms with E-state index in [0.29, 0.717) is 5.82 Å². The minimum Gasteiger partial charge on any atom is -0.459 e. The van der Waals surface area contributed by atoms with Crippen LogP contribution in [0.1, 0.15) is 6.92 Å². The highest BCUT2D eigenvalue weighted by Crippen LogP contribution is 2.40. The average Bonchev–Trinajstić information content (AvgIpc) is 2.84. The molecular weight excluding hydrogens is 322 g/mol. The van der Waals surface area contributed by atoms with Crippen LogP contribution in [0, 0.1) is 11.3 Å². The SMILES string of the molecule is C=C(C)C(=O)OCCOC(=O)C(C#N)=C1N(C)c2ccccc2N1C. The highest BCUT2D eigenvalue weighted by molar-refractivity contribution is 5.97. The van der Waals surface area contributed by atoms with Crippen LogP contribution in [0.5, 0.6) is 0 Å². The highest BCUT2D eigenvalue weighted by atomic mass is 16.6. The second-order valence-electron chi connectivity index (χ2n) is 5.47. The fraction of sp³-hybridized carbons (Fsp3) is 0.278. The van der Waals surface area contributed by atoms with E-state index in [4.69, 9.17) is 9.47 Å². The number of rotatable bonds is 5. The summed E-state index contributed by atoms with van der Waals surface area (Å²) in [4.78, 5) is 27.0. The van der Waals surface area contributed by atoms with Crippen LogP contribution in [0.2, 0.25) is 0 Å². The lowest BCUT2D eigenvalue weighted by Gasteiger charge is -2.19. The molecule has 130 valence electrons. The van der Waals surface area contributed by atoms with Gasteiger partial charge in [-0.25, -0.2) is 9.59 Å². The molecule has 25 heavy (non-hydrogen) atoms. The smallest absolute Gasteiger partial charge is 0.352 e. The van der Waals surface area contributed by atoms with Crippen molar-refractivity contribution in [3.8, 4) is 6.07 Å². The van der Waals surface area contributed by atoms with Gasteiger partial charge in [0, 0.05) is 19.7 Å². The Kier molecular flexibility index (Phi) is 5.45. The second kappa shape index (κ2) is 7.53. The number of esters is 2. The van der Waals surface area contributed by atoms with Crippen molar-refractivity contribution in [1.29, 1.82) is 5.26 Å². The van der Waals surface area contributed by atoms with Crippen molar-refractivity contribution in [3.63, 3.8) is 0 Å². The van der Waals surface area contributed by atoms with E-state index in [0.717, 1.165) is 11.4 Å². The Labute approximate surface area is 146 Å². The van der Waals surface area contributed by atoms with Crippen LogP contribution in [-0.2, 0) is 19.1 Å². The summed E-state index contributed by atoms with van der Waals surface area (Å²) in [6.07, 6.45) is 0. The van der Waals surface area contributed by atoms with Gasteiger partial charge in [-0.1, -0.05) is 18.7 Å². The molecule has 1 aliphatic rings. The summed E-state index contributed by atoms with van der Waals surface area (Å²) in [7, 11) is 3.55. The van der Waals surface area contributed by atoms with E-state index in [1.807, 2.05) is 30.3 Å². The third-order valence-corrected chi connectivity index (χ3v) is 3.68. The molecule has 1 aromatic rings. The average molecular weight is 341 g/mol. The standard InChI is InChI=1S/C18H19N3O4/c1-12(2)17(22)24-9-10-25-18(23)13(11-19)16-20(3)14-7-5-6-8-15(14)21(16)4/h5-8H,1,9-10H2,2-4H3. The maximum atomic E-state index is 12.3. The molecule has 0 aliphatic carbocycles. The van der Waals surface area contributed by atoms with Crippen molar-refractivity contribution in [1.82, 2.24) is 0 Å². The van der Waals surface area contributed by atoms with E-state index in [-0.39, 0.29) is 24.4 Å². The Morgan fingerprint density at radius 2 is 1.56 bits per heavy atom. The molecule has 0 unspecified atom stereocenters. The Morgan fingerprint density at radius 1 is 1.08 bits per heavy atom. The number of ether oxygens (including phenoxy) is 2. The highest BCUT2D eigenvalue weighted by Gasteiger charge is 2.31. The summed E-state index contributed by atoms with van der Waals surface area (Å²) in [6, 6.07) is 9.47. The number of fused-ring (bicyclic) bond motifs is 1. The van der Waals surface area contributed by atoms with Crippen LogP contribution in [0.25, 0.3) is 0 Å². The molecule has 0 amide bonds. The van der Waals surface area contributed by atoms with E-state index >= 15 is 0 Å². The lowest BCUT2D eigenvalue weighted by molar-refractivity contribution is -0.147. The Balaban J connectivity index is 2.10. The summed E-state index contributed by atoms with van der Waals surface area (Å²) in [5.41, 5.74) is 1.91. The number of para-hydroxylation sites is 2. The van der Waals surface area contributed by atoms with Gasteiger partial charge in [-0.2, -0.15) is 5.26 Å². The third kappa shape index (κ3) is 3.63. The van der Waals surface area contributed by atoms with Gasteiger partial charge in [0.1, 0.15) is 25.1 Å². The van der Waals surface area contributed by atoms with E-state index < -0.39 is 11.9 Å². The number of hydrogen-bond acceptors (Lipinski definition) is 7. The Bertz CT molecular complexity index is 761. The van der Waals surface area contributed by atoms with Crippen LogP contribution in [0.15, 0.2) is 47.8 Å². The molecule has 1 aromatic carbocycles. The first-order valence-electron chi connectivity index (χ1n) is 7.59. The van der Waals surface area contributed by atoms with Crippen molar-refractivity contribution in [2.24, 2.45) is 0 Å². The molecule has 7 heteroatoms. The lowest BCUT2D eigenvalue weighted by Crippen LogP contribution is -2.27. The topological polar surface area (TPSA) is 82.9 Å². The molecule has 1 aliphatic heterocycles. The zero-order chi connectivity index (χ0) is 18.6. The normalized spacial score (nSPS) is 12.3. The molecule has 7 nitrogen and oxygen atoms in total. The predicted molar refractivity (Wildman–Crippen MR) is 92.6 cm³/mol. The number of hydrogen-bond donors (Lipinski definition) is 0. The molecule has 0 fully saturated rings. The van der Waals surface area contributed by atoms with Crippen LogP contribution >= 0.6 is 0 Å². The van der Waals surface area contributed by atoms with Gasteiger partial charge < -0.3 is 19.3 Å². The minimum atomic E-state index is -0.768. The van der Waals surface area contributed by atoms with Crippen LogP contribution in [0.3, 0.4) is 0 Å². The predicted octanol–water partition coefficient (Wildman–Crippen LogP) is 1.97. The molecular formula is C18H19N3O4. The third-order valence-electron chi connectivity index (χ3n) is 3.68. The maximum absolute atomic E-state index is 12.3. The summed E-state index contributed by atoms with van der Waals surface area (Å²) in [5, 5.41) is 9.43. The van der Waals surface area contributed by atoms with Gasteiger partial charge in [0.25, 0.3) is 0 Å². The monoisotopic (exact) mass is 341 g/mol. The number of nitrogens with zero attached hydrogens (tertiary/aromatic N) is 3. The maximum Gasteiger partial charge on any atom is 0.352 e. The molecule has 1 heterocycles. The van der Waals surface area contributed by atoms with E-state index in [9.17, 15) is 14.9 Å². The summed E-state index contributed by atoms with van der Waals surface area (Å²) < 4.78 is 9.90. The number of anilines is 2. The zero-order valence-corrected chi connectivity index (χ0v) is 14.4. The van der Waals surface area contributed by atoms with Gasteiger partial charge in [-0.15, -0.1) is 0 Å². The molecule has 0 spiro atoms. The van der Waals surface area contributed by atoms with Crippen molar-refractivity contribution < 1.29 is 19.1 Å². The number of carbonyl (C=O) groups excluding carboxylic acids is 2. The number of benzene rings is 1. The van der Waals surface area contributed by atoms with Gasteiger partial charge >= 0.3 is 11.9 Å². The molecule has 0 saturated heterocycles. The van der Waals surface area contributed by atoms with Gasteiger partial charge in [0.2, 0.25) is 0 Å². The molecule has 0 bridgehead atoms. The van der Waals surface area contributed by atoms with Crippen molar-refractivity contribution in [2.75, 3.05) is 37.1 Å². The van der Waals surface area contributed by atoms with Crippen LogP contribution in [0.4, 0.5) is 11.4 Å². The van der Waals surface area contributed by atoms with Gasteiger partial charge in [0.05, 0.1) is 11.4 Å². The number of carbonyl (C=O) groups is 2. The molecule has 0 radical (unpaired) electrons. The first-order valence-corrected chi connectivity index (χ1v) is 7.59. The van der Waals surface area contributed by atoms with E-state index in [2.05, 4.69) is 6.58 Å². The van der Waals surface area contributed by atoms with Crippen molar-refractivity contribution >= 4 is 23.3 Å². The first kappa shape index (κ1) is 18.1. The van der Waals surface area contributed by atoms with E-state index in [1.54, 1.807) is 23.9 Å². The quantitative estimate of drug-likeness (QED) is 0.350.